The van der Waals surface area contributed by atoms with E-state index >= 15 is 0 Å². The predicted molar refractivity (Wildman–Crippen MR) is 114 cm³/mol. The SMILES string of the molecule is Cc1ccc(-c2cnc(-c3ccccc3C(=O)OCC(=O)NC[C@H]3CCCO3)o2)cc1. The van der Waals surface area contributed by atoms with E-state index in [-0.39, 0.29) is 24.2 Å². The van der Waals surface area contributed by atoms with E-state index in [4.69, 9.17) is 13.9 Å². The quantitative estimate of drug-likeness (QED) is 0.585. The summed E-state index contributed by atoms with van der Waals surface area (Å²) in [7, 11) is 0. The average molecular weight is 420 g/mol. The summed E-state index contributed by atoms with van der Waals surface area (Å²) in [6.45, 7) is 2.80. The van der Waals surface area contributed by atoms with Gasteiger partial charge in [-0.3, -0.25) is 4.79 Å². The molecule has 0 radical (unpaired) electrons. The minimum absolute atomic E-state index is 0.0353. The van der Waals surface area contributed by atoms with Gasteiger partial charge >= 0.3 is 5.97 Å². The van der Waals surface area contributed by atoms with Gasteiger partial charge in [-0.25, -0.2) is 9.78 Å². The first kappa shape index (κ1) is 20.8. The Hall–Kier alpha value is -3.45. The lowest BCUT2D eigenvalue weighted by Crippen LogP contribution is -2.34. The Morgan fingerprint density at radius 3 is 2.74 bits per heavy atom. The third-order valence-corrected chi connectivity index (χ3v) is 5.10. The molecule has 7 nitrogen and oxygen atoms in total. The van der Waals surface area contributed by atoms with Gasteiger partial charge in [0.25, 0.3) is 5.91 Å². The Morgan fingerprint density at radius 2 is 1.97 bits per heavy atom. The van der Waals surface area contributed by atoms with Gasteiger partial charge in [0.05, 0.1) is 23.4 Å². The Morgan fingerprint density at radius 1 is 1.16 bits per heavy atom. The lowest BCUT2D eigenvalue weighted by atomic mass is 10.1. The van der Waals surface area contributed by atoms with Gasteiger partial charge in [-0.15, -0.1) is 0 Å². The highest BCUT2D eigenvalue weighted by molar-refractivity contribution is 5.97. The highest BCUT2D eigenvalue weighted by Crippen LogP contribution is 2.28. The van der Waals surface area contributed by atoms with Crippen molar-refractivity contribution in [1.29, 1.82) is 0 Å². The monoisotopic (exact) mass is 420 g/mol. The van der Waals surface area contributed by atoms with Crippen molar-refractivity contribution in [1.82, 2.24) is 10.3 Å². The number of rotatable bonds is 7. The number of hydrogen-bond acceptors (Lipinski definition) is 6. The Labute approximate surface area is 180 Å². The molecule has 1 saturated heterocycles. The van der Waals surface area contributed by atoms with Gasteiger partial charge < -0.3 is 19.2 Å². The minimum Gasteiger partial charge on any atom is -0.452 e. The highest BCUT2D eigenvalue weighted by Gasteiger charge is 2.20. The van der Waals surface area contributed by atoms with Crippen LogP contribution in [-0.2, 0) is 14.3 Å². The van der Waals surface area contributed by atoms with Crippen LogP contribution in [0.25, 0.3) is 22.8 Å². The molecule has 31 heavy (non-hydrogen) atoms. The zero-order chi connectivity index (χ0) is 21.6. The second-order valence-corrected chi connectivity index (χ2v) is 7.46. The zero-order valence-corrected chi connectivity index (χ0v) is 17.3. The molecule has 160 valence electrons. The van der Waals surface area contributed by atoms with E-state index in [1.165, 1.54) is 0 Å². The molecule has 3 aromatic rings. The van der Waals surface area contributed by atoms with E-state index in [9.17, 15) is 9.59 Å². The second kappa shape index (κ2) is 9.57. The summed E-state index contributed by atoms with van der Waals surface area (Å²) in [5, 5.41) is 2.73. The average Bonchev–Trinajstić information content (AvgIpc) is 3.49. The van der Waals surface area contributed by atoms with Crippen molar-refractivity contribution in [2.24, 2.45) is 0 Å². The number of carbonyl (C=O) groups excluding carboxylic acids is 2. The van der Waals surface area contributed by atoms with Crippen LogP contribution < -0.4 is 5.32 Å². The van der Waals surface area contributed by atoms with Crippen LogP contribution in [-0.4, -0.2) is 42.7 Å². The van der Waals surface area contributed by atoms with Crippen molar-refractivity contribution < 1.29 is 23.5 Å². The lowest BCUT2D eigenvalue weighted by molar-refractivity contribution is -0.124. The van der Waals surface area contributed by atoms with Crippen LogP contribution in [0.3, 0.4) is 0 Å². The van der Waals surface area contributed by atoms with Crippen molar-refractivity contribution in [3.63, 3.8) is 0 Å². The largest absolute Gasteiger partial charge is 0.452 e. The fourth-order valence-electron chi connectivity index (χ4n) is 3.39. The number of amides is 1. The van der Waals surface area contributed by atoms with E-state index in [0.717, 1.165) is 30.6 Å². The molecule has 4 rings (SSSR count). The van der Waals surface area contributed by atoms with Gasteiger partial charge in [-0.1, -0.05) is 42.0 Å². The first-order valence-electron chi connectivity index (χ1n) is 10.3. The first-order chi connectivity index (χ1) is 15.1. The minimum atomic E-state index is -0.613. The Bertz CT molecular complexity index is 1050. The summed E-state index contributed by atoms with van der Waals surface area (Å²) in [6.07, 6.45) is 3.58. The molecule has 2 heterocycles. The summed E-state index contributed by atoms with van der Waals surface area (Å²) in [4.78, 5) is 29.0. The normalized spacial score (nSPS) is 15.6. The standard InChI is InChI=1S/C24H24N2O5/c1-16-8-10-17(11-9-16)21-14-26-23(31-21)19-6-2-3-7-20(19)24(28)30-15-22(27)25-13-18-5-4-12-29-18/h2-3,6-11,14,18H,4-5,12-13,15H2,1H3,(H,25,27)/t18-/m1/s1. The number of carbonyl (C=O) groups is 2. The van der Waals surface area contributed by atoms with E-state index in [1.54, 1.807) is 30.5 Å². The fourth-order valence-corrected chi connectivity index (χ4v) is 3.39. The molecule has 1 atom stereocenters. The zero-order valence-electron chi connectivity index (χ0n) is 17.3. The van der Waals surface area contributed by atoms with Crippen molar-refractivity contribution >= 4 is 11.9 Å². The molecule has 0 spiro atoms. The van der Waals surface area contributed by atoms with Crippen LogP contribution >= 0.6 is 0 Å². The maximum Gasteiger partial charge on any atom is 0.339 e. The van der Waals surface area contributed by atoms with E-state index in [1.807, 2.05) is 31.2 Å². The smallest absolute Gasteiger partial charge is 0.339 e. The van der Waals surface area contributed by atoms with Crippen LogP contribution in [0.2, 0.25) is 0 Å². The molecule has 0 aliphatic carbocycles. The van der Waals surface area contributed by atoms with Gasteiger partial charge in [0.1, 0.15) is 0 Å². The van der Waals surface area contributed by atoms with Crippen LogP contribution in [0.1, 0.15) is 28.8 Å². The molecule has 2 aromatic carbocycles. The molecule has 0 bridgehead atoms. The summed E-state index contributed by atoms with van der Waals surface area (Å²) < 4.78 is 16.6. The van der Waals surface area contributed by atoms with Gasteiger partial charge in [-0.2, -0.15) is 0 Å². The number of nitrogens with one attached hydrogen (secondary N) is 1. The summed E-state index contributed by atoms with van der Waals surface area (Å²) in [5.74, 6) is -0.0605. The van der Waals surface area contributed by atoms with Crippen molar-refractivity contribution in [2.75, 3.05) is 19.8 Å². The van der Waals surface area contributed by atoms with Crippen molar-refractivity contribution in [3.8, 4) is 22.8 Å². The van der Waals surface area contributed by atoms with Crippen LogP contribution in [0, 0.1) is 6.92 Å². The highest BCUT2D eigenvalue weighted by atomic mass is 16.5. The molecule has 0 saturated carbocycles. The van der Waals surface area contributed by atoms with Gasteiger partial charge in [0.15, 0.2) is 12.4 Å². The van der Waals surface area contributed by atoms with E-state index < -0.39 is 5.97 Å². The Balaban J connectivity index is 1.41. The molecule has 1 aliphatic heterocycles. The number of benzene rings is 2. The summed E-state index contributed by atoms with van der Waals surface area (Å²) >= 11 is 0. The molecule has 7 heteroatoms. The molecule has 1 aliphatic rings. The third-order valence-electron chi connectivity index (χ3n) is 5.10. The molecule has 1 aromatic heterocycles. The summed E-state index contributed by atoms with van der Waals surface area (Å²) in [5.41, 5.74) is 2.83. The third kappa shape index (κ3) is 5.19. The topological polar surface area (TPSA) is 90.7 Å². The fraction of sp³-hybridized carbons (Fsp3) is 0.292. The molecular weight excluding hydrogens is 396 g/mol. The number of hydrogen-bond donors (Lipinski definition) is 1. The molecule has 1 N–H and O–H groups in total. The molecule has 1 amide bonds. The van der Waals surface area contributed by atoms with Crippen LogP contribution in [0.5, 0.6) is 0 Å². The maximum atomic E-state index is 12.6. The van der Waals surface area contributed by atoms with Crippen molar-refractivity contribution in [3.05, 3.63) is 65.9 Å². The Kier molecular flexibility index (Phi) is 6.43. The second-order valence-electron chi connectivity index (χ2n) is 7.46. The van der Waals surface area contributed by atoms with E-state index in [0.29, 0.717) is 23.8 Å². The first-order valence-corrected chi connectivity index (χ1v) is 10.3. The molecule has 0 unspecified atom stereocenters. The number of aryl methyl sites for hydroxylation is 1. The maximum absolute atomic E-state index is 12.6. The molecule has 1 fully saturated rings. The number of nitrogens with zero attached hydrogens (tertiary/aromatic N) is 1. The summed E-state index contributed by atoms with van der Waals surface area (Å²) in [6, 6.07) is 14.8. The van der Waals surface area contributed by atoms with E-state index in [2.05, 4.69) is 10.3 Å². The molecular formula is C24H24N2O5. The van der Waals surface area contributed by atoms with Crippen molar-refractivity contribution in [2.45, 2.75) is 25.9 Å². The number of aromatic nitrogens is 1. The number of oxazole rings is 1. The lowest BCUT2D eigenvalue weighted by Gasteiger charge is -2.11. The van der Waals surface area contributed by atoms with Gasteiger partial charge in [0.2, 0.25) is 5.89 Å². The predicted octanol–water partition coefficient (Wildman–Crippen LogP) is 3.77. The van der Waals surface area contributed by atoms with Crippen LogP contribution in [0.4, 0.5) is 0 Å². The number of ether oxygens (including phenoxy) is 2. The number of esters is 1. The van der Waals surface area contributed by atoms with Crippen LogP contribution in [0.15, 0.2) is 59.1 Å². The van der Waals surface area contributed by atoms with Gasteiger partial charge in [0, 0.05) is 18.7 Å². The van der Waals surface area contributed by atoms with Gasteiger partial charge in [-0.05, 0) is 31.9 Å².